The lowest BCUT2D eigenvalue weighted by molar-refractivity contribution is -0.757. The van der Waals surface area contributed by atoms with E-state index in [-0.39, 0.29) is 49.8 Å². The normalized spacial score (nSPS) is 29.6. The summed E-state index contributed by atoms with van der Waals surface area (Å²) in [5.41, 5.74) is -2.81. The number of rotatable bonds is 20. The highest BCUT2D eigenvalue weighted by atomic mass is 35.5. The Labute approximate surface area is 361 Å². The molecule has 0 heterocycles. The minimum Gasteiger partial charge on any atom is -0.493 e. The zero-order valence-corrected chi connectivity index (χ0v) is 35.6. The first-order valence-corrected chi connectivity index (χ1v) is 20.7. The van der Waals surface area contributed by atoms with Crippen LogP contribution in [0.25, 0.3) is 6.08 Å². The zero-order chi connectivity index (χ0) is 45.5. The molecule has 0 aromatic heterocycles. The Kier molecular flexibility index (Phi) is 15.1. The number of hydrogen-bond donors (Lipinski definition) is 1. The number of ketones is 2. The van der Waals surface area contributed by atoms with Crippen molar-refractivity contribution in [3.63, 3.8) is 0 Å². The summed E-state index contributed by atoms with van der Waals surface area (Å²) in [5.74, 6) is -3.92. The van der Waals surface area contributed by atoms with E-state index in [9.17, 15) is 49.3 Å². The van der Waals surface area contributed by atoms with E-state index in [2.05, 4.69) is 9.68 Å². The second-order valence-corrected chi connectivity index (χ2v) is 17.0. The lowest BCUT2D eigenvalue weighted by Gasteiger charge is -2.64. The molecule has 0 radical (unpaired) electrons. The second kappa shape index (κ2) is 19.7. The molecule has 0 saturated heterocycles. The molecule has 3 saturated carbocycles. The van der Waals surface area contributed by atoms with Crippen LogP contribution in [0.5, 0.6) is 11.5 Å². The first kappa shape index (κ1) is 47.5. The minimum atomic E-state index is -1.95. The summed E-state index contributed by atoms with van der Waals surface area (Å²) in [6.07, 6.45) is 7.08. The molecular formula is C42H51ClN2O17. The van der Waals surface area contributed by atoms with Crippen molar-refractivity contribution in [2.24, 2.45) is 28.6 Å². The molecule has 8 atom stereocenters. The van der Waals surface area contributed by atoms with Crippen LogP contribution in [0.4, 0.5) is 4.79 Å². The molecule has 1 aromatic rings. The number of alkyl halides is 1. The molecular weight excluding hydrogens is 840 g/mol. The highest BCUT2D eigenvalue weighted by Gasteiger charge is 2.76. The number of fused-ring (bicyclic) bond motifs is 5. The van der Waals surface area contributed by atoms with E-state index in [1.807, 2.05) is 6.92 Å². The van der Waals surface area contributed by atoms with Crippen LogP contribution in [0.3, 0.4) is 0 Å². The van der Waals surface area contributed by atoms with Crippen molar-refractivity contribution in [2.75, 3.05) is 33.5 Å². The summed E-state index contributed by atoms with van der Waals surface area (Å²) in [6.45, 7) is 4.15. The van der Waals surface area contributed by atoms with Crippen molar-refractivity contribution < 1.29 is 72.6 Å². The minimum absolute atomic E-state index is 0.0458. The summed E-state index contributed by atoms with van der Waals surface area (Å²) >= 11 is 7.59. The van der Waals surface area contributed by atoms with Crippen LogP contribution in [0, 0.1) is 48.8 Å². The average Bonchev–Trinajstić information content (AvgIpc) is 3.43. The van der Waals surface area contributed by atoms with Gasteiger partial charge < -0.3 is 38.5 Å². The van der Waals surface area contributed by atoms with Crippen LogP contribution >= 0.6 is 11.6 Å². The molecule has 338 valence electrons. The summed E-state index contributed by atoms with van der Waals surface area (Å²) in [4.78, 5) is 94.1. The van der Waals surface area contributed by atoms with Gasteiger partial charge in [0.15, 0.2) is 29.5 Å². The first-order valence-electron chi connectivity index (χ1n) is 20.3. The number of aliphatic hydroxyl groups is 1. The maximum Gasteiger partial charge on any atom is 0.514 e. The van der Waals surface area contributed by atoms with E-state index in [1.165, 1.54) is 43.5 Å². The van der Waals surface area contributed by atoms with E-state index in [0.29, 0.717) is 44.1 Å². The third kappa shape index (κ3) is 9.57. The number of esters is 2. The van der Waals surface area contributed by atoms with Gasteiger partial charge in [0.1, 0.15) is 0 Å². The Balaban J connectivity index is 1.29. The summed E-state index contributed by atoms with van der Waals surface area (Å²) in [5, 5.41) is 31.1. The number of ether oxygens (including phenoxy) is 5. The summed E-state index contributed by atoms with van der Waals surface area (Å²) < 4.78 is 27.5. The van der Waals surface area contributed by atoms with Crippen molar-refractivity contribution in [3.8, 4) is 11.5 Å². The number of benzene rings is 1. The lowest BCUT2D eigenvalue weighted by Crippen LogP contribution is -2.69. The molecule has 4 aliphatic rings. The number of hydrogen-bond acceptors (Lipinski definition) is 17. The van der Waals surface area contributed by atoms with Gasteiger partial charge in [-0.2, -0.15) is 0 Å². The molecule has 1 N–H and O–H groups in total. The molecule has 0 spiro atoms. The molecule has 0 amide bonds. The molecule has 0 bridgehead atoms. The predicted octanol–water partition coefficient (Wildman–Crippen LogP) is 5.87. The number of aliphatic hydroxyl groups excluding tert-OH is 1. The fraction of sp³-hybridized carbons (Fsp3) is 0.595. The Morgan fingerprint density at radius 1 is 0.968 bits per heavy atom. The Morgan fingerprint density at radius 3 is 2.35 bits per heavy atom. The number of carbonyl (C=O) groups is 5. The second-order valence-electron chi connectivity index (χ2n) is 16.4. The number of carbonyl (C=O) groups excluding carboxylic acids is 5. The van der Waals surface area contributed by atoms with Crippen molar-refractivity contribution in [1.82, 2.24) is 0 Å². The summed E-state index contributed by atoms with van der Waals surface area (Å²) in [6, 6.07) is 4.36. The highest BCUT2D eigenvalue weighted by molar-refractivity contribution is 6.26. The van der Waals surface area contributed by atoms with E-state index in [4.69, 9.17) is 35.3 Å². The Morgan fingerprint density at radius 2 is 1.66 bits per heavy atom. The first-order chi connectivity index (χ1) is 29.3. The zero-order valence-electron chi connectivity index (χ0n) is 34.9. The molecule has 5 rings (SSSR count). The average molecular weight is 891 g/mol. The quantitative estimate of drug-likeness (QED) is 0.0235. The fourth-order valence-corrected chi connectivity index (χ4v) is 10.6. The topological polar surface area (TPSA) is 256 Å². The van der Waals surface area contributed by atoms with Gasteiger partial charge in [0.05, 0.1) is 37.9 Å². The van der Waals surface area contributed by atoms with Gasteiger partial charge in [-0.05, 0) is 99.1 Å². The third-order valence-corrected chi connectivity index (χ3v) is 13.9. The summed E-state index contributed by atoms with van der Waals surface area (Å²) in [7, 11) is 1.32. The van der Waals surface area contributed by atoms with Crippen LogP contribution < -0.4 is 9.47 Å². The predicted molar refractivity (Wildman–Crippen MR) is 215 cm³/mol. The van der Waals surface area contributed by atoms with Crippen molar-refractivity contribution in [2.45, 2.75) is 95.1 Å². The van der Waals surface area contributed by atoms with Gasteiger partial charge in [0.2, 0.25) is 5.78 Å². The molecule has 0 aliphatic heterocycles. The standard InChI is InChI=1S/C42H51ClN2O17/c1-26-21-31-30-13-12-28-23-29(46)16-17-39(28,2)41(30,43)34(47)24-40(31,3)42(26,62-37(50)9-8-20-60-45(54)55)35(48)25-58-38(51)61-32-14-10-27(22-33(32)56-4)11-15-36(49)57-18-6-5-7-19-59-44(52)53/h10-11,14-17,22-23,26,30-31,34,47H,5-9,12-13,18-21,24-25H2,1-4H3/b15-11+/t26-,30?,31?,34-,39-,40-,41-,42-/m0/s1. The molecule has 20 heteroatoms. The molecule has 1 aromatic carbocycles. The molecule has 3 fully saturated rings. The lowest BCUT2D eigenvalue weighted by atomic mass is 9.45. The van der Waals surface area contributed by atoms with Crippen molar-refractivity contribution in [1.29, 1.82) is 0 Å². The van der Waals surface area contributed by atoms with Crippen LogP contribution in [0.1, 0.15) is 84.1 Å². The van der Waals surface area contributed by atoms with Crippen LogP contribution in [-0.2, 0) is 43.1 Å². The number of allylic oxidation sites excluding steroid dienone is 4. The smallest absolute Gasteiger partial charge is 0.493 e. The van der Waals surface area contributed by atoms with E-state index >= 15 is 0 Å². The van der Waals surface area contributed by atoms with Crippen LogP contribution in [0.2, 0.25) is 0 Å². The Bertz CT molecular complexity index is 2020. The number of methoxy groups -OCH3 is 1. The van der Waals surface area contributed by atoms with E-state index in [1.54, 1.807) is 26.0 Å². The van der Waals surface area contributed by atoms with E-state index in [0.717, 1.165) is 5.57 Å². The van der Waals surface area contributed by atoms with Gasteiger partial charge in [0, 0.05) is 29.2 Å². The van der Waals surface area contributed by atoms with Gasteiger partial charge >= 0.3 is 18.1 Å². The fourth-order valence-electron chi connectivity index (χ4n) is 10.1. The molecule has 2 unspecified atom stereocenters. The molecule has 4 aliphatic carbocycles. The largest absolute Gasteiger partial charge is 0.514 e. The van der Waals surface area contributed by atoms with Gasteiger partial charge in [-0.3, -0.25) is 14.4 Å². The number of nitrogens with zero attached hydrogens (tertiary/aromatic N) is 2. The maximum absolute atomic E-state index is 14.7. The maximum atomic E-state index is 14.7. The van der Waals surface area contributed by atoms with Gasteiger partial charge in [0.25, 0.3) is 10.2 Å². The third-order valence-electron chi connectivity index (χ3n) is 12.9. The van der Waals surface area contributed by atoms with Crippen molar-refractivity contribution in [3.05, 3.63) is 73.9 Å². The van der Waals surface area contributed by atoms with Gasteiger partial charge in [-0.25, -0.2) is 9.59 Å². The van der Waals surface area contributed by atoms with Crippen LogP contribution in [-0.4, -0.2) is 95.1 Å². The van der Waals surface area contributed by atoms with Crippen molar-refractivity contribution >= 4 is 47.3 Å². The monoisotopic (exact) mass is 890 g/mol. The number of unbranched alkanes of at least 4 members (excludes halogenated alkanes) is 2. The highest BCUT2D eigenvalue weighted by Crippen LogP contribution is 2.72. The number of halogens is 1. The van der Waals surface area contributed by atoms with Gasteiger partial charge in [-0.15, -0.1) is 31.8 Å². The molecule has 19 nitrogen and oxygen atoms in total. The number of Topliss-reactive ketones (excluding diaryl/α,β-unsaturated/α-hetero) is 1. The SMILES string of the molecule is COc1cc(/C=C/C(=O)OCCCCCO[N+](=O)[O-])ccc1OC(=O)OCC(=O)[C@@]1(OC(=O)CCCO[N+](=O)[O-])[C@@H](C)CC2C3CCC4=CC(=O)C=C[C@]4(C)[C@@]3(Cl)[C@@H](O)C[C@@]21C. The van der Waals surface area contributed by atoms with Crippen LogP contribution in [0.15, 0.2) is 48.1 Å². The van der Waals surface area contributed by atoms with E-state index < -0.39 is 92.4 Å². The molecule has 62 heavy (non-hydrogen) atoms. The Hall–Kier alpha value is -5.56. The van der Waals surface area contributed by atoms with Gasteiger partial charge in [-0.1, -0.05) is 38.5 Å².